The molecule has 1 heterocycles. The molecule has 0 saturated carbocycles. The maximum atomic E-state index is 12.0. The highest BCUT2D eigenvalue weighted by atomic mass is 32.2. The zero-order valence-electron chi connectivity index (χ0n) is 14.1. The highest BCUT2D eigenvalue weighted by Crippen LogP contribution is 2.12. The number of hydrogen-bond donors (Lipinski definition) is 2. The van der Waals surface area contributed by atoms with Crippen molar-refractivity contribution in [2.45, 2.75) is 24.8 Å². The highest BCUT2D eigenvalue weighted by molar-refractivity contribution is 7.89. The van der Waals surface area contributed by atoms with E-state index in [-0.39, 0.29) is 16.8 Å². The number of rotatable bonds is 7. The van der Waals surface area contributed by atoms with E-state index in [0.29, 0.717) is 6.54 Å². The molecule has 0 fully saturated rings. The minimum atomic E-state index is -3.47. The normalized spacial score (nSPS) is 12.9. The molecule has 1 unspecified atom stereocenters. The average molecular weight is 359 g/mol. The lowest BCUT2D eigenvalue weighted by Gasteiger charge is -2.11. The molecule has 0 aliphatic heterocycles. The first-order valence-corrected chi connectivity index (χ1v) is 9.40. The summed E-state index contributed by atoms with van der Waals surface area (Å²) in [5.74, 6) is -0.248. The summed E-state index contributed by atoms with van der Waals surface area (Å²) in [4.78, 5) is 16.4. The molecule has 1 amide bonds. The second kappa shape index (κ2) is 8.55. The van der Waals surface area contributed by atoms with Gasteiger partial charge in [0.15, 0.2) is 0 Å². The van der Waals surface area contributed by atoms with Crippen LogP contribution in [0, 0.1) is 0 Å². The van der Waals surface area contributed by atoms with Crippen LogP contribution in [0.25, 0.3) is 6.08 Å². The molecule has 0 aliphatic rings. The third kappa shape index (κ3) is 5.51. The van der Waals surface area contributed by atoms with Gasteiger partial charge in [-0.1, -0.05) is 25.1 Å². The van der Waals surface area contributed by atoms with Crippen LogP contribution in [0.4, 0.5) is 0 Å². The molecule has 0 saturated heterocycles. The third-order valence-corrected chi connectivity index (χ3v) is 5.00. The summed E-state index contributed by atoms with van der Waals surface area (Å²) in [5, 5.41) is 2.82. The summed E-state index contributed by atoms with van der Waals surface area (Å²) in [6.07, 6.45) is 4.72. The van der Waals surface area contributed by atoms with Crippen molar-refractivity contribution in [1.82, 2.24) is 15.0 Å². The van der Waals surface area contributed by atoms with Gasteiger partial charge >= 0.3 is 0 Å². The molecule has 2 rings (SSSR count). The zero-order valence-corrected chi connectivity index (χ0v) is 15.0. The topological polar surface area (TPSA) is 88.2 Å². The molecule has 7 heteroatoms. The fourth-order valence-corrected chi connectivity index (χ4v) is 3.21. The van der Waals surface area contributed by atoms with E-state index >= 15 is 0 Å². The van der Waals surface area contributed by atoms with Crippen LogP contribution in [0.1, 0.15) is 31.1 Å². The number of pyridine rings is 1. The Balaban J connectivity index is 1.98. The molecule has 132 valence electrons. The van der Waals surface area contributed by atoms with Gasteiger partial charge in [-0.15, -0.1) is 0 Å². The van der Waals surface area contributed by atoms with Gasteiger partial charge in [0.25, 0.3) is 0 Å². The van der Waals surface area contributed by atoms with Crippen LogP contribution in [0.2, 0.25) is 0 Å². The van der Waals surface area contributed by atoms with Gasteiger partial charge in [-0.2, -0.15) is 0 Å². The Morgan fingerprint density at radius 2 is 1.92 bits per heavy atom. The standard InChI is InChI=1S/C18H21N3O3S/c1-3-20-25(23,24)16-10-7-15(8-11-16)9-12-18(22)21-14(2)17-6-4-5-13-19-17/h4-14,20H,3H2,1-2H3,(H,21,22)/b12-9+. The summed E-state index contributed by atoms with van der Waals surface area (Å²) >= 11 is 0. The van der Waals surface area contributed by atoms with Crippen LogP contribution in [0.15, 0.2) is 59.6 Å². The summed E-state index contributed by atoms with van der Waals surface area (Å²) < 4.78 is 26.2. The van der Waals surface area contributed by atoms with Crippen molar-refractivity contribution in [3.63, 3.8) is 0 Å². The Labute approximate surface area is 148 Å². The second-order valence-corrected chi connectivity index (χ2v) is 7.16. The largest absolute Gasteiger partial charge is 0.344 e. The summed E-state index contributed by atoms with van der Waals surface area (Å²) in [6.45, 7) is 3.91. The second-order valence-electron chi connectivity index (χ2n) is 5.39. The number of nitrogens with one attached hydrogen (secondary N) is 2. The van der Waals surface area contributed by atoms with Gasteiger partial charge < -0.3 is 5.32 Å². The van der Waals surface area contributed by atoms with Crippen molar-refractivity contribution in [2.24, 2.45) is 0 Å². The monoisotopic (exact) mass is 359 g/mol. The number of carbonyl (C=O) groups excluding carboxylic acids is 1. The number of amides is 1. The van der Waals surface area contributed by atoms with Gasteiger partial charge in [-0.3, -0.25) is 9.78 Å². The van der Waals surface area contributed by atoms with Crippen LogP contribution >= 0.6 is 0 Å². The van der Waals surface area contributed by atoms with Crippen molar-refractivity contribution < 1.29 is 13.2 Å². The van der Waals surface area contributed by atoms with Crippen molar-refractivity contribution in [3.8, 4) is 0 Å². The van der Waals surface area contributed by atoms with Crippen LogP contribution in [-0.4, -0.2) is 25.9 Å². The van der Waals surface area contributed by atoms with E-state index < -0.39 is 10.0 Å². The Kier molecular flexibility index (Phi) is 6.44. The Morgan fingerprint density at radius 3 is 2.52 bits per heavy atom. The van der Waals surface area contributed by atoms with Crippen molar-refractivity contribution in [1.29, 1.82) is 0 Å². The van der Waals surface area contributed by atoms with E-state index in [0.717, 1.165) is 11.3 Å². The highest BCUT2D eigenvalue weighted by Gasteiger charge is 2.11. The van der Waals surface area contributed by atoms with Gasteiger partial charge in [0, 0.05) is 18.8 Å². The molecule has 2 aromatic rings. The number of aromatic nitrogens is 1. The summed E-state index contributed by atoms with van der Waals surface area (Å²) in [5.41, 5.74) is 1.51. The van der Waals surface area contributed by atoms with Crippen LogP contribution < -0.4 is 10.0 Å². The smallest absolute Gasteiger partial charge is 0.244 e. The number of hydrogen-bond acceptors (Lipinski definition) is 4. The molecule has 0 aliphatic carbocycles. The summed E-state index contributed by atoms with van der Waals surface area (Å²) in [6, 6.07) is 11.6. The maximum Gasteiger partial charge on any atom is 0.244 e. The van der Waals surface area contributed by atoms with Gasteiger partial charge in [0.2, 0.25) is 15.9 Å². The molecule has 1 atom stereocenters. The SMILES string of the molecule is CCNS(=O)(=O)c1ccc(/C=C/C(=O)NC(C)c2ccccn2)cc1. The number of sulfonamides is 1. The van der Waals surface area contributed by atoms with Gasteiger partial charge in [-0.25, -0.2) is 13.1 Å². The van der Waals surface area contributed by atoms with Crippen LogP contribution in [0.3, 0.4) is 0 Å². The van der Waals surface area contributed by atoms with E-state index in [2.05, 4.69) is 15.0 Å². The summed E-state index contributed by atoms with van der Waals surface area (Å²) in [7, 11) is -3.47. The van der Waals surface area contributed by atoms with Crippen molar-refractivity contribution in [3.05, 3.63) is 66.0 Å². The molecule has 0 radical (unpaired) electrons. The average Bonchev–Trinajstić information content (AvgIpc) is 2.61. The molecular formula is C18H21N3O3S. The van der Waals surface area contributed by atoms with E-state index in [4.69, 9.17) is 0 Å². The molecule has 0 bridgehead atoms. The molecular weight excluding hydrogens is 338 g/mol. The lowest BCUT2D eigenvalue weighted by molar-refractivity contribution is -0.117. The molecule has 6 nitrogen and oxygen atoms in total. The van der Waals surface area contributed by atoms with E-state index in [1.54, 1.807) is 31.3 Å². The predicted octanol–water partition coefficient (Wildman–Crippen LogP) is 2.27. The first-order valence-electron chi connectivity index (χ1n) is 7.91. The van der Waals surface area contributed by atoms with E-state index in [9.17, 15) is 13.2 Å². The van der Waals surface area contributed by atoms with E-state index in [1.807, 2.05) is 25.1 Å². The zero-order chi connectivity index (χ0) is 18.3. The molecule has 1 aromatic carbocycles. The number of nitrogens with zero attached hydrogens (tertiary/aromatic N) is 1. The van der Waals surface area contributed by atoms with Gasteiger partial charge in [0.1, 0.15) is 0 Å². The fraction of sp³-hybridized carbons (Fsp3) is 0.222. The van der Waals surface area contributed by atoms with Crippen molar-refractivity contribution >= 4 is 22.0 Å². The molecule has 1 aromatic heterocycles. The predicted molar refractivity (Wildman–Crippen MR) is 97.1 cm³/mol. The van der Waals surface area contributed by atoms with Gasteiger partial charge in [0.05, 0.1) is 16.6 Å². The first-order chi connectivity index (χ1) is 11.9. The number of carbonyl (C=O) groups is 1. The lowest BCUT2D eigenvalue weighted by Crippen LogP contribution is -2.25. The molecule has 0 spiro atoms. The lowest BCUT2D eigenvalue weighted by atomic mass is 10.2. The number of benzene rings is 1. The fourth-order valence-electron chi connectivity index (χ4n) is 2.17. The minimum Gasteiger partial charge on any atom is -0.344 e. The Bertz CT molecular complexity index is 832. The Hall–Kier alpha value is -2.51. The van der Waals surface area contributed by atoms with Gasteiger partial charge in [-0.05, 0) is 42.8 Å². The molecule has 25 heavy (non-hydrogen) atoms. The van der Waals surface area contributed by atoms with E-state index in [1.165, 1.54) is 18.2 Å². The van der Waals surface area contributed by atoms with Crippen molar-refractivity contribution in [2.75, 3.05) is 6.54 Å². The first kappa shape index (κ1) is 18.8. The Morgan fingerprint density at radius 1 is 1.20 bits per heavy atom. The third-order valence-electron chi connectivity index (χ3n) is 3.44. The maximum absolute atomic E-state index is 12.0. The minimum absolute atomic E-state index is 0.194. The van der Waals surface area contributed by atoms with Crippen LogP contribution in [0.5, 0.6) is 0 Å². The van der Waals surface area contributed by atoms with Crippen LogP contribution in [-0.2, 0) is 14.8 Å². The quantitative estimate of drug-likeness (QED) is 0.742. The molecule has 2 N–H and O–H groups in total.